The topological polar surface area (TPSA) is 132 Å². The summed E-state index contributed by atoms with van der Waals surface area (Å²) in [6.07, 6.45) is -5.82. The lowest BCUT2D eigenvalue weighted by Crippen LogP contribution is -2.52. The first-order chi connectivity index (χ1) is 11.6. The van der Waals surface area contributed by atoms with Crippen molar-refractivity contribution in [2.45, 2.75) is 52.1 Å². The Labute approximate surface area is 148 Å². The molecule has 0 radical (unpaired) electrons. The molecule has 0 aromatic carbocycles. The van der Waals surface area contributed by atoms with E-state index in [2.05, 4.69) is 4.29 Å². The van der Waals surface area contributed by atoms with Crippen LogP contribution in [0.2, 0.25) is 0 Å². The van der Waals surface area contributed by atoms with Crippen LogP contribution in [-0.2, 0) is 47.2 Å². The summed E-state index contributed by atoms with van der Waals surface area (Å²) in [7, 11) is 0. The zero-order chi connectivity index (χ0) is 19.6. The maximum absolute atomic E-state index is 11.4. The molecule has 0 saturated heterocycles. The van der Waals surface area contributed by atoms with Crippen LogP contribution in [0.1, 0.15) is 27.7 Å². The minimum Gasteiger partial charge on any atom is -0.462 e. The van der Waals surface area contributed by atoms with Crippen LogP contribution in [0.5, 0.6) is 0 Å². The monoisotopic (exact) mass is 382 g/mol. The molecule has 0 amide bonds. The van der Waals surface area contributed by atoms with Gasteiger partial charge in [-0.25, -0.2) is 0 Å². The van der Waals surface area contributed by atoms with Crippen molar-refractivity contribution in [2.24, 2.45) is 0 Å². The molecule has 0 aliphatic carbocycles. The Morgan fingerprint density at radius 1 is 0.840 bits per heavy atom. The summed E-state index contributed by atoms with van der Waals surface area (Å²) in [4.78, 5) is 56.2. The molecule has 0 unspecified atom stereocenters. The molecule has 0 saturated carbocycles. The van der Waals surface area contributed by atoms with Crippen molar-refractivity contribution in [2.75, 3.05) is 6.61 Å². The Morgan fingerprint density at radius 3 is 1.68 bits per heavy atom. The van der Waals surface area contributed by atoms with Gasteiger partial charge < -0.3 is 23.7 Å². The number of aldehydes is 1. The summed E-state index contributed by atoms with van der Waals surface area (Å²) in [5, 5.41) is 0. The molecular formula is C14H19ClO10. The summed E-state index contributed by atoms with van der Waals surface area (Å²) < 4.78 is 24.1. The molecule has 0 fully saturated rings. The fraction of sp³-hybridized carbons (Fsp3) is 0.643. The van der Waals surface area contributed by atoms with E-state index < -0.39 is 54.9 Å². The standard InChI is InChI=1S/C14H19ClO10/c1-7(17)21-6-12(22-8(2)18)14(24-10(4)20)13(23-9(3)19)11(5-16)25-15/h5,11-14H,6H2,1-4H3/t11-,12+,13-,14+/m0/s1. The average Bonchev–Trinajstić information content (AvgIpc) is 2.48. The third-order valence-electron chi connectivity index (χ3n) is 2.62. The fourth-order valence-electron chi connectivity index (χ4n) is 1.82. The molecule has 0 N–H and O–H groups in total. The number of hydrogen-bond acceptors (Lipinski definition) is 10. The molecule has 0 bridgehead atoms. The van der Waals surface area contributed by atoms with E-state index in [1.54, 1.807) is 0 Å². The molecule has 4 atom stereocenters. The van der Waals surface area contributed by atoms with Crippen LogP contribution in [0.25, 0.3) is 0 Å². The molecule has 0 aliphatic heterocycles. The van der Waals surface area contributed by atoms with Crippen molar-refractivity contribution in [1.29, 1.82) is 0 Å². The predicted molar refractivity (Wildman–Crippen MR) is 80.1 cm³/mol. The van der Waals surface area contributed by atoms with Gasteiger partial charge in [-0.2, -0.15) is 0 Å². The first-order valence-electron chi connectivity index (χ1n) is 7.00. The highest BCUT2D eigenvalue weighted by Crippen LogP contribution is 2.19. The molecular weight excluding hydrogens is 364 g/mol. The average molecular weight is 383 g/mol. The summed E-state index contributed by atoms with van der Waals surface area (Å²) in [5.41, 5.74) is 0. The first-order valence-corrected chi connectivity index (χ1v) is 7.30. The van der Waals surface area contributed by atoms with Gasteiger partial charge >= 0.3 is 23.9 Å². The van der Waals surface area contributed by atoms with Crippen LogP contribution in [0, 0.1) is 0 Å². The largest absolute Gasteiger partial charge is 0.462 e. The minimum absolute atomic E-state index is 0.202. The molecule has 0 spiro atoms. The molecule has 11 heteroatoms. The first kappa shape index (κ1) is 22.8. The van der Waals surface area contributed by atoms with Gasteiger partial charge in [0.05, 0.1) is 11.9 Å². The zero-order valence-electron chi connectivity index (χ0n) is 14.1. The molecule has 0 rings (SSSR count). The number of carbonyl (C=O) groups excluding carboxylic acids is 5. The number of hydrogen-bond donors (Lipinski definition) is 0. The highest BCUT2D eigenvalue weighted by atomic mass is 35.5. The van der Waals surface area contributed by atoms with Crippen LogP contribution in [0.4, 0.5) is 0 Å². The Bertz CT molecular complexity index is 506. The number of rotatable bonds is 10. The Balaban J connectivity index is 5.80. The molecule has 0 aliphatic rings. The van der Waals surface area contributed by atoms with Crippen molar-refractivity contribution in [1.82, 2.24) is 0 Å². The van der Waals surface area contributed by atoms with Crippen molar-refractivity contribution in [3.63, 3.8) is 0 Å². The van der Waals surface area contributed by atoms with Crippen LogP contribution >= 0.6 is 11.9 Å². The maximum atomic E-state index is 11.4. The second kappa shape index (κ2) is 11.4. The quantitative estimate of drug-likeness (QED) is 0.290. The van der Waals surface area contributed by atoms with Crippen molar-refractivity contribution < 1.29 is 47.2 Å². The summed E-state index contributed by atoms with van der Waals surface area (Å²) >= 11 is 5.21. The molecule has 25 heavy (non-hydrogen) atoms. The Morgan fingerprint density at radius 2 is 1.32 bits per heavy atom. The van der Waals surface area contributed by atoms with E-state index in [0.29, 0.717) is 0 Å². The van der Waals surface area contributed by atoms with Crippen molar-refractivity contribution in [3.05, 3.63) is 0 Å². The molecule has 0 heterocycles. The zero-order valence-corrected chi connectivity index (χ0v) is 14.8. The highest BCUT2D eigenvalue weighted by Gasteiger charge is 2.43. The van der Waals surface area contributed by atoms with Crippen LogP contribution in [-0.4, -0.2) is 61.2 Å². The third-order valence-corrected chi connectivity index (χ3v) is 2.83. The van der Waals surface area contributed by atoms with Gasteiger partial charge in [0, 0.05) is 27.7 Å². The van der Waals surface area contributed by atoms with Gasteiger partial charge in [0.1, 0.15) is 6.61 Å². The summed E-state index contributed by atoms with van der Waals surface area (Å²) in [5.74, 6) is -3.20. The van der Waals surface area contributed by atoms with E-state index in [4.69, 9.17) is 30.8 Å². The van der Waals surface area contributed by atoms with Crippen LogP contribution in [0.3, 0.4) is 0 Å². The second-order valence-corrected chi connectivity index (χ2v) is 4.97. The van der Waals surface area contributed by atoms with Crippen molar-refractivity contribution in [3.8, 4) is 0 Å². The summed E-state index contributed by atoms with van der Waals surface area (Å²) in [6.45, 7) is 3.69. The van der Waals surface area contributed by atoms with Crippen molar-refractivity contribution >= 4 is 42.0 Å². The van der Waals surface area contributed by atoms with E-state index >= 15 is 0 Å². The molecule has 10 nitrogen and oxygen atoms in total. The van der Waals surface area contributed by atoms with Crippen LogP contribution < -0.4 is 0 Å². The van der Waals surface area contributed by atoms with Gasteiger partial charge in [-0.1, -0.05) is 0 Å². The van der Waals surface area contributed by atoms with E-state index in [0.717, 1.165) is 27.7 Å². The van der Waals surface area contributed by atoms with Gasteiger partial charge in [-0.3, -0.25) is 23.5 Å². The third kappa shape index (κ3) is 9.01. The number of carbonyl (C=O) groups is 5. The van der Waals surface area contributed by atoms with Gasteiger partial charge in [-0.15, -0.1) is 0 Å². The van der Waals surface area contributed by atoms with Crippen LogP contribution in [0.15, 0.2) is 0 Å². The normalized spacial score (nSPS) is 15.1. The summed E-state index contributed by atoms with van der Waals surface area (Å²) in [6, 6.07) is 0. The number of ether oxygens (including phenoxy) is 4. The molecule has 142 valence electrons. The lowest BCUT2D eigenvalue weighted by atomic mass is 10.0. The Kier molecular flexibility index (Phi) is 10.4. The smallest absolute Gasteiger partial charge is 0.303 e. The highest BCUT2D eigenvalue weighted by molar-refractivity contribution is 6.08. The lowest BCUT2D eigenvalue weighted by Gasteiger charge is -2.32. The number of halogens is 1. The Hall–Kier alpha value is -2.20. The van der Waals surface area contributed by atoms with Gasteiger partial charge in [0.15, 0.2) is 30.7 Å². The number of esters is 4. The van der Waals surface area contributed by atoms with E-state index in [1.807, 2.05) is 0 Å². The van der Waals surface area contributed by atoms with Gasteiger partial charge in [0.2, 0.25) is 0 Å². The minimum atomic E-state index is -1.56. The fourth-order valence-corrected chi connectivity index (χ4v) is 1.96. The van der Waals surface area contributed by atoms with Gasteiger partial charge in [0.25, 0.3) is 0 Å². The van der Waals surface area contributed by atoms with Gasteiger partial charge in [-0.05, 0) is 0 Å². The molecule has 0 aromatic heterocycles. The second-order valence-electron chi connectivity index (χ2n) is 4.79. The maximum Gasteiger partial charge on any atom is 0.303 e. The van der Waals surface area contributed by atoms with E-state index in [9.17, 15) is 24.0 Å². The molecule has 0 aromatic rings. The SMILES string of the molecule is CC(=O)OC[C@@H](OC(C)=O)[C@@H](OC(C)=O)[C@@H](OC(C)=O)[C@H](C=O)OCl. The predicted octanol–water partition coefficient (Wildman–Crippen LogP) is 0.0825. The lowest BCUT2D eigenvalue weighted by molar-refractivity contribution is -0.195. The van der Waals surface area contributed by atoms with E-state index in [1.165, 1.54) is 0 Å². The van der Waals surface area contributed by atoms with E-state index in [-0.39, 0.29) is 6.29 Å².